The zero-order chi connectivity index (χ0) is 17.2. The molecule has 4 heteroatoms. The van der Waals surface area contributed by atoms with E-state index in [4.69, 9.17) is 5.73 Å². The van der Waals surface area contributed by atoms with Crippen molar-refractivity contribution >= 4 is 5.91 Å². The molecule has 2 saturated carbocycles. The molecule has 1 amide bonds. The number of hydrogen-bond acceptors (Lipinski definition) is 3. The molecular weight excluding hydrogens is 312 g/mol. The molecule has 3 aliphatic carbocycles. The van der Waals surface area contributed by atoms with Crippen LogP contribution in [0.25, 0.3) is 0 Å². The lowest BCUT2D eigenvalue weighted by molar-refractivity contribution is -0.0493. The average molecular weight is 340 g/mol. The number of aliphatic hydroxyl groups is 1. The molecule has 1 aromatic rings. The molecule has 1 heterocycles. The van der Waals surface area contributed by atoms with Gasteiger partial charge in [-0.2, -0.15) is 0 Å². The van der Waals surface area contributed by atoms with E-state index >= 15 is 0 Å². The van der Waals surface area contributed by atoms with E-state index in [9.17, 15) is 9.90 Å². The number of piperidine rings is 1. The Hall–Kier alpha value is -1.39. The summed E-state index contributed by atoms with van der Waals surface area (Å²) >= 11 is 0. The van der Waals surface area contributed by atoms with Crippen molar-refractivity contribution < 1.29 is 9.90 Å². The summed E-state index contributed by atoms with van der Waals surface area (Å²) in [5, 5.41) is 10.5. The van der Waals surface area contributed by atoms with Gasteiger partial charge in [0, 0.05) is 23.6 Å². The smallest absolute Gasteiger partial charge is 0.248 e. The van der Waals surface area contributed by atoms with Crippen LogP contribution in [-0.4, -0.2) is 41.1 Å². The van der Waals surface area contributed by atoms with E-state index in [0.29, 0.717) is 17.5 Å². The second kappa shape index (κ2) is 5.55. The van der Waals surface area contributed by atoms with Crippen LogP contribution in [0.5, 0.6) is 0 Å². The summed E-state index contributed by atoms with van der Waals surface area (Å²) in [6, 6.07) is 6.67. The zero-order valence-corrected chi connectivity index (χ0v) is 14.8. The molecule has 4 atom stereocenters. The number of nitrogens with two attached hydrogens (primary N) is 1. The molecule has 3 fully saturated rings. The maximum absolute atomic E-state index is 11.7. The van der Waals surface area contributed by atoms with E-state index in [-0.39, 0.29) is 17.4 Å². The Kier molecular flexibility index (Phi) is 3.52. The van der Waals surface area contributed by atoms with Crippen LogP contribution in [0.4, 0.5) is 0 Å². The minimum atomic E-state index is -0.347. The van der Waals surface area contributed by atoms with E-state index in [0.717, 1.165) is 44.6 Å². The van der Waals surface area contributed by atoms with Gasteiger partial charge in [-0.15, -0.1) is 0 Å². The highest BCUT2D eigenvalue weighted by Crippen LogP contribution is 2.56. The Morgan fingerprint density at radius 3 is 2.88 bits per heavy atom. The van der Waals surface area contributed by atoms with E-state index in [1.807, 2.05) is 6.07 Å². The van der Waals surface area contributed by atoms with Gasteiger partial charge in [0.05, 0.1) is 6.10 Å². The van der Waals surface area contributed by atoms with E-state index in [2.05, 4.69) is 17.0 Å². The van der Waals surface area contributed by atoms with Gasteiger partial charge in [0.15, 0.2) is 0 Å². The minimum absolute atomic E-state index is 0.0431. The van der Waals surface area contributed by atoms with Gasteiger partial charge < -0.3 is 10.8 Å². The van der Waals surface area contributed by atoms with Crippen LogP contribution in [0, 0.1) is 11.8 Å². The highest BCUT2D eigenvalue weighted by molar-refractivity contribution is 5.93. The molecule has 2 bridgehead atoms. The second-order valence-corrected chi connectivity index (χ2v) is 8.89. The number of rotatable bonds is 3. The largest absolute Gasteiger partial charge is 0.393 e. The summed E-state index contributed by atoms with van der Waals surface area (Å²) in [4.78, 5) is 14.5. The number of primary amides is 1. The lowest BCUT2D eigenvalue weighted by Gasteiger charge is -2.60. The Morgan fingerprint density at radius 1 is 1.28 bits per heavy atom. The third-order valence-corrected chi connectivity index (χ3v) is 7.45. The molecule has 0 spiro atoms. The molecule has 134 valence electrons. The maximum atomic E-state index is 11.7. The topological polar surface area (TPSA) is 66.6 Å². The van der Waals surface area contributed by atoms with Gasteiger partial charge in [-0.1, -0.05) is 6.07 Å². The summed E-state index contributed by atoms with van der Waals surface area (Å²) in [5.41, 5.74) is 8.91. The number of likely N-dealkylation sites (tertiary alicyclic amines) is 1. The van der Waals surface area contributed by atoms with Crippen LogP contribution in [-0.2, 0) is 11.8 Å². The Morgan fingerprint density at radius 2 is 2.12 bits per heavy atom. The highest BCUT2D eigenvalue weighted by atomic mass is 16.3. The van der Waals surface area contributed by atoms with Gasteiger partial charge in [0.1, 0.15) is 0 Å². The van der Waals surface area contributed by atoms with Gasteiger partial charge in [-0.3, -0.25) is 9.69 Å². The number of fused-ring (bicyclic) bond motifs is 1. The third kappa shape index (κ3) is 2.45. The number of hydrogen-bond donors (Lipinski definition) is 2. The fraction of sp³-hybridized carbons (Fsp3) is 0.667. The number of aliphatic hydroxyl groups excluding tert-OH is 1. The van der Waals surface area contributed by atoms with Crippen molar-refractivity contribution in [2.75, 3.05) is 13.1 Å². The Bertz CT molecular complexity index is 714. The molecule has 4 nitrogen and oxygen atoms in total. The fourth-order valence-corrected chi connectivity index (χ4v) is 6.10. The SMILES string of the molecule is NC(=O)c1ccc2c(c1)[C@]13CCN(CC4CC4)[C@H](C2)C1CC[C@H](O)C3. The molecule has 1 unspecified atom stereocenters. The molecule has 0 aromatic heterocycles. The van der Waals surface area contributed by atoms with Gasteiger partial charge >= 0.3 is 0 Å². The lowest BCUT2D eigenvalue weighted by Crippen LogP contribution is -2.62. The first-order valence-corrected chi connectivity index (χ1v) is 9.92. The lowest BCUT2D eigenvalue weighted by atomic mass is 9.51. The quantitative estimate of drug-likeness (QED) is 0.887. The van der Waals surface area contributed by atoms with Crippen LogP contribution in [0.2, 0.25) is 0 Å². The van der Waals surface area contributed by atoms with Crippen LogP contribution in [0.15, 0.2) is 18.2 Å². The Balaban J connectivity index is 1.59. The van der Waals surface area contributed by atoms with E-state index in [1.54, 1.807) is 0 Å². The number of nitrogens with zero attached hydrogens (tertiary/aromatic N) is 1. The van der Waals surface area contributed by atoms with Crippen molar-refractivity contribution in [3.05, 3.63) is 34.9 Å². The highest BCUT2D eigenvalue weighted by Gasteiger charge is 2.55. The molecule has 0 radical (unpaired) electrons. The standard InChI is InChI=1S/C21H28N2O2/c22-20(25)15-4-3-14-10-19-17-6-5-16(24)11-21(17,18(14)9-15)7-8-23(19)12-13-1-2-13/h3-4,9,13,16-17,19,24H,1-2,5-8,10-12H2,(H2,22,25)/t16-,17?,19+,21-/m0/s1. The van der Waals surface area contributed by atoms with Crippen molar-refractivity contribution in [3.63, 3.8) is 0 Å². The molecule has 4 aliphatic rings. The molecule has 25 heavy (non-hydrogen) atoms. The van der Waals surface area contributed by atoms with Gasteiger partial charge in [-0.25, -0.2) is 0 Å². The first-order chi connectivity index (χ1) is 12.1. The summed E-state index contributed by atoms with van der Waals surface area (Å²) < 4.78 is 0. The number of amides is 1. The average Bonchev–Trinajstić information content (AvgIpc) is 3.40. The predicted molar refractivity (Wildman–Crippen MR) is 96.4 cm³/mol. The molecule has 1 saturated heterocycles. The van der Waals surface area contributed by atoms with Crippen LogP contribution in [0.1, 0.15) is 60.0 Å². The van der Waals surface area contributed by atoms with Crippen molar-refractivity contribution in [2.45, 2.75) is 62.5 Å². The van der Waals surface area contributed by atoms with Gasteiger partial charge in [0.25, 0.3) is 0 Å². The van der Waals surface area contributed by atoms with Crippen molar-refractivity contribution in [1.82, 2.24) is 4.90 Å². The summed E-state index contributed by atoms with van der Waals surface area (Å²) in [5.74, 6) is 1.18. The first-order valence-electron chi connectivity index (χ1n) is 9.92. The van der Waals surface area contributed by atoms with Gasteiger partial charge in [0.2, 0.25) is 5.91 Å². The third-order valence-electron chi connectivity index (χ3n) is 7.45. The van der Waals surface area contributed by atoms with E-state index in [1.165, 1.54) is 30.5 Å². The fourth-order valence-electron chi connectivity index (χ4n) is 6.10. The van der Waals surface area contributed by atoms with Crippen LogP contribution in [0.3, 0.4) is 0 Å². The number of carbonyl (C=O) groups is 1. The summed E-state index contributed by atoms with van der Waals surface area (Å²) in [6.07, 6.45) is 7.65. The second-order valence-electron chi connectivity index (χ2n) is 8.89. The predicted octanol–water partition coefficient (Wildman–Crippen LogP) is 2.22. The van der Waals surface area contributed by atoms with Crippen molar-refractivity contribution in [1.29, 1.82) is 0 Å². The number of carbonyl (C=O) groups excluding carboxylic acids is 1. The summed E-state index contributed by atoms with van der Waals surface area (Å²) in [6.45, 7) is 2.39. The Labute approximate surface area is 149 Å². The first kappa shape index (κ1) is 15.8. The molecule has 3 N–H and O–H groups in total. The molecule has 5 rings (SSSR count). The van der Waals surface area contributed by atoms with Crippen molar-refractivity contribution in [2.24, 2.45) is 17.6 Å². The monoisotopic (exact) mass is 340 g/mol. The van der Waals surface area contributed by atoms with E-state index < -0.39 is 0 Å². The van der Waals surface area contributed by atoms with Gasteiger partial charge in [-0.05, 0) is 86.6 Å². The van der Waals surface area contributed by atoms with Crippen LogP contribution < -0.4 is 5.73 Å². The number of benzene rings is 1. The molecular formula is C21H28N2O2. The maximum Gasteiger partial charge on any atom is 0.248 e. The summed E-state index contributed by atoms with van der Waals surface area (Å²) in [7, 11) is 0. The minimum Gasteiger partial charge on any atom is -0.393 e. The van der Waals surface area contributed by atoms with Crippen molar-refractivity contribution in [3.8, 4) is 0 Å². The van der Waals surface area contributed by atoms with Crippen LogP contribution >= 0.6 is 0 Å². The molecule has 1 aliphatic heterocycles. The molecule has 1 aromatic carbocycles. The normalized spacial score (nSPS) is 37.2. The zero-order valence-electron chi connectivity index (χ0n) is 14.8.